The fourth-order valence-electron chi connectivity index (χ4n) is 2.14. The van der Waals surface area contributed by atoms with Gasteiger partial charge in [0, 0.05) is 25.6 Å². The maximum atomic E-state index is 5.38. The molecule has 0 aromatic carbocycles. The summed E-state index contributed by atoms with van der Waals surface area (Å²) in [6.45, 7) is 6.14. The van der Waals surface area contributed by atoms with Crippen LogP contribution in [-0.4, -0.2) is 36.5 Å². The van der Waals surface area contributed by atoms with Crippen LogP contribution in [0.3, 0.4) is 0 Å². The van der Waals surface area contributed by atoms with Crippen LogP contribution in [0.15, 0.2) is 0 Å². The number of aryl methyl sites for hydroxylation is 1. The molecule has 0 spiro atoms. The molecular weight excluding hydrogens is 246 g/mol. The van der Waals surface area contributed by atoms with Crippen molar-refractivity contribution in [1.29, 1.82) is 0 Å². The van der Waals surface area contributed by atoms with Crippen LogP contribution in [0, 0.1) is 0 Å². The van der Waals surface area contributed by atoms with Crippen molar-refractivity contribution in [3.05, 3.63) is 10.0 Å². The van der Waals surface area contributed by atoms with E-state index in [1.807, 2.05) is 0 Å². The van der Waals surface area contributed by atoms with E-state index >= 15 is 0 Å². The zero-order chi connectivity index (χ0) is 12.6. The summed E-state index contributed by atoms with van der Waals surface area (Å²) in [6, 6.07) is 0. The first-order valence-electron chi connectivity index (χ1n) is 7.01. The van der Waals surface area contributed by atoms with Gasteiger partial charge in [0.05, 0.1) is 0 Å². The third-order valence-electron chi connectivity index (χ3n) is 3.22. The molecular formula is C13H23N3OS. The van der Waals surface area contributed by atoms with Crippen molar-refractivity contribution in [2.24, 2.45) is 0 Å². The Morgan fingerprint density at radius 3 is 2.89 bits per heavy atom. The predicted molar refractivity (Wildman–Crippen MR) is 74.2 cm³/mol. The standard InChI is InChI=1S/C13H23N3OS/c1-2-7-14-8-3-4-12-15-16-13(18-12)11-5-9-17-10-6-11/h11,14H,2-10H2,1H3. The van der Waals surface area contributed by atoms with Crippen molar-refractivity contribution >= 4 is 11.3 Å². The highest BCUT2D eigenvalue weighted by Crippen LogP contribution is 2.29. The zero-order valence-electron chi connectivity index (χ0n) is 11.2. The van der Waals surface area contributed by atoms with Crippen LogP contribution in [0.25, 0.3) is 0 Å². The minimum Gasteiger partial charge on any atom is -0.381 e. The molecule has 1 aliphatic rings. The van der Waals surface area contributed by atoms with E-state index in [1.54, 1.807) is 11.3 Å². The van der Waals surface area contributed by atoms with Gasteiger partial charge in [-0.05, 0) is 38.8 Å². The molecule has 102 valence electrons. The molecule has 1 aromatic rings. The lowest BCUT2D eigenvalue weighted by molar-refractivity contribution is 0.0851. The van der Waals surface area contributed by atoms with Crippen molar-refractivity contribution in [3.63, 3.8) is 0 Å². The molecule has 18 heavy (non-hydrogen) atoms. The molecule has 1 N–H and O–H groups in total. The molecule has 0 atom stereocenters. The van der Waals surface area contributed by atoms with Crippen LogP contribution in [0.2, 0.25) is 0 Å². The van der Waals surface area contributed by atoms with Gasteiger partial charge in [0.25, 0.3) is 0 Å². The summed E-state index contributed by atoms with van der Waals surface area (Å²) in [4.78, 5) is 0. The summed E-state index contributed by atoms with van der Waals surface area (Å²) in [6.07, 6.45) is 5.62. The van der Waals surface area contributed by atoms with E-state index in [2.05, 4.69) is 22.4 Å². The Morgan fingerprint density at radius 1 is 1.28 bits per heavy atom. The van der Waals surface area contributed by atoms with Crippen molar-refractivity contribution in [1.82, 2.24) is 15.5 Å². The largest absolute Gasteiger partial charge is 0.381 e. The molecule has 1 aromatic heterocycles. The van der Waals surface area contributed by atoms with Gasteiger partial charge >= 0.3 is 0 Å². The van der Waals surface area contributed by atoms with Gasteiger partial charge in [-0.3, -0.25) is 0 Å². The average molecular weight is 269 g/mol. The van der Waals surface area contributed by atoms with Gasteiger partial charge < -0.3 is 10.1 Å². The van der Waals surface area contributed by atoms with E-state index in [0.29, 0.717) is 5.92 Å². The van der Waals surface area contributed by atoms with Gasteiger partial charge in [-0.15, -0.1) is 21.5 Å². The highest BCUT2D eigenvalue weighted by Gasteiger charge is 2.19. The van der Waals surface area contributed by atoms with E-state index in [0.717, 1.165) is 52.0 Å². The molecule has 1 fully saturated rings. The Morgan fingerprint density at radius 2 is 2.11 bits per heavy atom. The lowest BCUT2D eigenvalue weighted by Crippen LogP contribution is -2.16. The van der Waals surface area contributed by atoms with E-state index in [-0.39, 0.29) is 0 Å². The SMILES string of the molecule is CCCNCCCc1nnc(C2CCOCC2)s1. The Balaban J connectivity index is 1.72. The summed E-state index contributed by atoms with van der Waals surface area (Å²) in [5.74, 6) is 0.586. The second-order valence-electron chi connectivity index (χ2n) is 4.77. The van der Waals surface area contributed by atoms with E-state index in [1.165, 1.54) is 16.4 Å². The lowest BCUT2D eigenvalue weighted by Gasteiger charge is -2.18. The van der Waals surface area contributed by atoms with Crippen LogP contribution in [0.5, 0.6) is 0 Å². The molecule has 2 heterocycles. The number of hydrogen-bond acceptors (Lipinski definition) is 5. The number of rotatable bonds is 7. The first-order valence-corrected chi connectivity index (χ1v) is 7.82. The highest BCUT2D eigenvalue weighted by molar-refractivity contribution is 7.11. The summed E-state index contributed by atoms with van der Waals surface area (Å²) in [5.41, 5.74) is 0. The van der Waals surface area contributed by atoms with Gasteiger partial charge in [-0.2, -0.15) is 0 Å². The number of aromatic nitrogens is 2. The number of ether oxygens (including phenoxy) is 1. The molecule has 0 amide bonds. The third-order valence-corrected chi connectivity index (χ3v) is 4.37. The first-order chi connectivity index (χ1) is 8.90. The Labute approximate surface area is 113 Å². The van der Waals surface area contributed by atoms with Crippen molar-refractivity contribution in [2.45, 2.75) is 44.9 Å². The molecule has 0 unspecified atom stereocenters. The van der Waals surface area contributed by atoms with Crippen molar-refractivity contribution in [3.8, 4) is 0 Å². The van der Waals surface area contributed by atoms with Crippen molar-refractivity contribution in [2.75, 3.05) is 26.3 Å². The van der Waals surface area contributed by atoms with Gasteiger partial charge in [0.15, 0.2) is 0 Å². The minimum absolute atomic E-state index is 0.586. The topological polar surface area (TPSA) is 47.0 Å². The molecule has 4 nitrogen and oxygen atoms in total. The molecule has 2 rings (SSSR count). The molecule has 5 heteroatoms. The summed E-state index contributed by atoms with van der Waals surface area (Å²) >= 11 is 1.80. The summed E-state index contributed by atoms with van der Waals surface area (Å²) in [7, 11) is 0. The van der Waals surface area contributed by atoms with Crippen molar-refractivity contribution < 1.29 is 4.74 Å². The van der Waals surface area contributed by atoms with Gasteiger partial charge in [-0.25, -0.2) is 0 Å². The maximum absolute atomic E-state index is 5.38. The second kappa shape index (κ2) is 7.81. The fourth-order valence-corrected chi connectivity index (χ4v) is 3.20. The van der Waals surface area contributed by atoms with E-state index in [4.69, 9.17) is 4.74 Å². The summed E-state index contributed by atoms with van der Waals surface area (Å²) in [5, 5.41) is 14.5. The number of nitrogens with one attached hydrogen (secondary N) is 1. The average Bonchev–Trinajstić information content (AvgIpc) is 2.88. The smallest absolute Gasteiger partial charge is 0.120 e. The Hall–Kier alpha value is -0.520. The fraction of sp³-hybridized carbons (Fsp3) is 0.846. The molecule has 1 aliphatic heterocycles. The quantitative estimate of drug-likeness (QED) is 0.772. The Bertz CT molecular complexity index is 337. The highest BCUT2D eigenvalue weighted by atomic mass is 32.1. The summed E-state index contributed by atoms with van der Waals surface area (Å²) < 4.78 is 5.38. The van der Waals surface area contributed by atoms with Crippen LogP contribution in [-0.2, 0) is 11.2 Å². The van der Waals surface area contributed by atoms with Crippen LogP contribution in [0.4, 0.5) is 0 Å². The maximum Gasteiger partial charge on any atom is 0.120 e. The predicted octanol–water partition coefficient (Wildman–Crippen LogP) is 2.36. The van der Waals surface area contributed by atoms with Gasteiger partial charge in [0.1, 0.15) is 10.0 Å². The molecule has 0 bridgehead atoms. The van der Waals surface area contributed by atoms with E-state index < -0.39 is 0 Å². The monoisotopic (exact) mass is 269 g/mol. The zero-order valence-corrected chi connectivity index (χ0v) is 12.0. The van der Waals surface area contributed by atoms with E-state index in [9.17, 15) is 0 Å². The second-order valence-corrected chi connectivity index (χ2v) is 5.87. The normalized spacial score (nSPS) is 17.2. The van der Waals surface area contributed by atoms with Gasteiger partial charge in [-0.1, -0.05) is 6.92 Å². The molecule has 0 radical (unpaired) electrons. The molecule has 0 saturated carbocycles. The number of hydrogen-bond donors (Lipinski definition) is 1. The van der Waals surface area contributed by atoms with Crippen LogP contribution >= 0.6 is 11.3 Å². The first kappa shape index (κ1) is 13.9. The van der Waals surface area contributed by atoms with Crippen LogP contribution in [0.1, 0.15) is 48.5 Å². The Kier molecular flexibility index (Phi) is 6.04. The lowest BCUT2D eigenvalue weighted by atomic mass is 10.0. The van der Waals surface area contributed by atoms with Gasteiger partial charge in [0.2, 0.25) is 0 Å². The molecule has 0 aliphatic carbocycles. The number of nitrogens with zero attached hydrogens (tertiary/aromatic N) is 2. The third kappa shape index (κ3) is 4.30. The minimum atomic E-state index is 0.586. The van der Waals surface area contributed by atoms with Crippen LogP contribution < -0.4 is 5.32 Å². The molecule has 1 saturated heterocycles.